The lowest BCUT2D eigenvalue weighted by molar-refractivity contribution is -0.132. The zero-order valence-electron chi connectivity index (χ0n) is 17.8. The summed E-state index contributed by atoms with van der Waals surface area (Å²) in [5.41, 5.74) is 10.9. The van der Waals surface area contributed by atoms with Crippen molar-refractivity contribution in [2.75, 3.05) is 31.1 Å². The molecule has 0 aliphatic carbocycles. The molecule has 162 valence electrons. The smallest absolute Gasteiger partial charge is 0.222 e. The molecule has 0 radical (unpaired) electrons. The number of benzene rings is 1. The van der Waals surface area contributed by atoms with Crippen molar-refractivity contribution in [3.05, 3.63) is 59.8 Å². The van der Waals surface area contributed by atoms with E-state index in [9.17, 15) is 4.79 Å². The van der Waals surface area contributed by atoms with Crippen LogP contribution in [0.4, 0.5) is 5.69 Å². The molecule has 1 aromatic heterocycles. The Bertz CT molecular complexity index is 950. The highest BCUT2D eigenvalue weighted by Crippen LogP contribution is 2.32. The summed E-state index contributed by atoms with van der Waals surface area (Å²) in [6.45, 7) is 3.75. The van der Waals surface area contributed by atoms with Gasteiger partial charge in [0.1, 0.15) is 0 Å². The summed E-state index contributed by atoms with van der Waals surface area (Å²) in [7, 11) is 0. The van der Waals surface area contributed by atoms with E-state index in [0.717, 1.165) is 62.3 Å². The predicted octanol–water partition coefficient (Wildman–Crippen LogP) is 2.66. The number of anilines is 1. The van der Waals surface area contributed by atoms with Gasteiger partial charge in [-0.05, 0) is 54.9 Å². The third kappa shape index (κ3) is 4.93. The first-order chi connectivity index (χ1) is 15.2. The minimum atomic E-state index is 0.220. The van der Waals surface area contributed by atoms with Gasteiger partial charge >= 0.3 is 0 Å². The maximum absolute atomic E-state index is 12.6. The number of hydrogen-bond donors (Lipinski definition) is 2. The number of allylic oxidation sites excluding steroid dienone is 1. The minimum absolute atomic E-state index is 0.220. The number of hydrogen-bond acceptors (Lipinski definition) is 6. The summed E-state index contributed by atoms with van der Waals surface area (Å²) in [6, 6.07) is 6.38. The molecule has 2 aliphatic rings. The van der Waals surface area contributed by atoms with Crippen LogP contribution >= 0.6 is 0 Å². The Morgan fingerprint density at radius 1 is 1.23 bits per heavy atom. The van der Waals surface area contributed by atoms with Crippen molar-refractivity contribution in [2.45, 2.75) is 32.1 Å². The van der Waals surface area contributed by atoms with E-state index in [1.54, 1.807) is 18.6 Å². The predicted molar refractivity (Wildman–Crippen MR) is 123 cm³/mol. The number of carbonyl (C=O) groups excluding carboxylic acids is 1. The molecule has 4 rings (SSSR count). The molecule has 0 spiro atoms. The van der Waals surface area contributed by atoms with E-state index in [1.807, 2.05) is 4.90 Å². The molecule has 0 atom stereocenters. The van der Waals surface area contributed by atoms with E-state index in [0.29, 0.717) is 18.8 Å². The van der Waals surface area contributed by atoms with Crippen molar-refractivity contribution < 1.29 is 4.79 Å². The van der Waals surface area contributed by atoms with Gasteiger partial charge < -0.3 is 20.9 Å². The summed E-state index contributed by atoms with van der Waals surface area (Å²) < 4.78 is 0. The molecule has 1 saturated heterocycles. The fraction of sp³-hybridized carbons (Fsp3) is 0.417. The van der Waals surface area contributed by atoms with Gasteiger partial charge in [-0.15, -0.1) is 0 Å². The topological polar surface area (TPSA) is 99.2 Å². The third-order valence-electron chi connectivity index (χ3n) is 6.40. The number of nitrogens with zero attached hydrogens (tertiary/aromatic N) is 4. The van der Waals surface area contributed by atoms with E-state index in [4.69, 9.17) is 11.1 Å². The highest BCUT2D eigenvalue weighted by atomic mass is 16.2. The molecule has 0 saturated carbocycles. The lowest BCUT2D eigenvalue weighted by Crippen LogP contribution is -2.41. The fourth-order valence-electron chi connectivity index (χ4n) is 4.60. The second-order valence-corrected chi connectivity index (χ2v) is 8.33. The van der Waals surface area contributed by atoms with Crippen molar-refractivity contribution in [1.29, 1.82) is 5.41 Å². The van der Waals surface area contributed by atoms with Gasteiger partial charge in [-0.25, -0.2) is 0 Å². The molecule has 31 heavy (non-hydrogen) atoms. The Hall–Kier alpha value is -3.22. The lowest BCUT2D eigenvalue weighted by Gasteiger charge is -2.34. The Balaban J connectivity index is 1.27. The monoisotopic (exact) mass is 418 g/mol. The van der Waals surface area contributed by atoms with Crippen LogP contribution in [0.15, 0.2) is 43.0 Å². The number of aryl methyl sites for hydroxylation is 1. The largest absolute Gasteiger partial charge is 0.404 e. The standard InChI is InChI=1S/C24H30N6O/c25-14-21(15-26)19-1-3-23-20(13-19)7-12-30(23)17-18-5-10-29(11-6-18)24(31)4-2-22-16-27-8-9-28-22/h1,3,8-9,13-16,18,25H,2,4-7,10-12,17,26H2/b21-15+,25-14?. The number of carbonyl (C=O) groups is 1. The van der Waals surface area contributed by atoms with Crippen molar-refractivity contribution in [2.24, 2.45) is 11.7 Å². The zero-order chi connectivity index (χ0) is 21.6. The number of aromatic nitrogens is 2. The van der Waals surface area contributed by atoms with Gasteiger partial charge in [0.05, 0.1) is 5.69 Å². The van der Waals surface area contributed by atoms with Gasteiger partial charge in [0.25, 0.3) is 0 Å². The summed E-state index contributed by atoms with van der Waals surface area (Å²) >= 11 is 0. The SMILES string of the molecule is N=C/C(=C\N)c1ccc2c(c1)CCN2CC1CCN(C(=O)CCc2cnccn2)CC1. The second kappa shape index (κ2) is 9.73. The van der Waals surface area contributed by atoms with E-state index in [-0.39, 0.29) is 5.91 Å². The van der Waals surface area contributed by atoms with Gasteiger partial charge in [0.2, 0.25) is 5.91 Å². The Kier molecular flexibility index (Phi) is 6.60. The maximum atomic E-state index is 12.6. The highest BCUT2D eigenvalue weighted by Gasteiger charge is 2.27. The summed E-state index contributed by atoms with van der Waals surface area (Å²) in [6.07, 6.45) is 12.1. The summed E-state index contributed by atoms with van der Waals surface area (Å²) in [5, 5.41) is 7.50. The van der Waals surface area contributed by atoms with Crippen LogP contribution in [0.3, 0.4) is 0 Å². The van der Waals surface area contributed by atoms with Crippen LogP contribution in [0.5, 0.6) is 0 Å². The normalized spacial score (nSPS) is 17.0. The van der Waals surface area contributed by atoms with Crippen LogP contribution in [-0.2, 0) is 17.6 Å². The summed E-state index contributed by atoms with van der Waals surface area (Å²) in [4.78, 5) is 25.4. The molecule has 1 fully saturated rings. The molecule has 2 aromatic rings. The van der Waals surface area contributed by atoms with Crippen molar-refractivity contribution in [3.63, 3.8) is 0 Å². The van der Waals surface area contributed by atoms with Crippen molar-refractivity contribution in [3.8, 4) is 0 Å². The molecule has 0 bridgehead atoms. The molecule has 0 unspecified atom stereocenters. The Morgan fingerprint density at radius 2 is 2.06 bits per heavy atom. The summed E-state index contributed by atoms with van der Waals surface area (Å²) in [5.74, 6) is 0.828. The van der Waals surface area contributed by atoms with Crippen molar-refractivity contribution >= 4 is 23.4 Å². The number of fused-ring (bicyclic) bond motifs is 1. The molecular formula is C24H30N6O. The maximum Gasteiger partial charge on any atom is 0.222 e. The first-order valence-electron chi connectivity index (χ1n) is 11.0. The number of rotatable bonds is 7. The molecule has 3 heterocycles. The Morgan fingerprint density at radius 3 is 2.77 bits per heavy atom. The molecule has 7 nitrogen and oxygen atoms in total. The molecule has 7 heteroatoms. The molecule has 2 aliphatic heterocycles. The van der Waals surface area contributed by atoms with Crippen LogP contribution in [-0.4, -0.2) is 53.2 Å². The van der Waals surface area contributed by atoms with E-state index in [2.05, 4.69) is 33.1 Å². The van der Waals surface area contributed by atoms with Crippen LogP contribution in [0.25, 0.3) is 5.57 Å². The minimum Gasteiger partial charge on any atom is -0.404 e. The lowest BCUT2D eigenvalue weighted by atomic mass is 9.95. The average molecular weight is 419 g/mol. The molecule has 1 aromatic carbocycles. The van der Waals surface area contributed by atoms with Crippen molar-refractivity contribution in [1.82, 2.24) is 14.9 Å². The van der Waals surface area contributed by atoms with Gasteiger partial charge in [0, 0.05) is 74.9 Å². The number of nitrogens with two attached hydrogens (primary N) is 1. The van der Waals surface area contributed by atoms with E-state index < -0.39 is 0 Å². The van der Waals surface area contributed by atoms with Gasteiger partial charge in [-0.1, -0.05) is 6.07 Å². The zero-order valence-corrected chi connectivity index (χ0v) is 17.8. The molecular weight excluding hydrogens is 388 g/mol. The molecule has 3 N–H and O–H groups in total. The number of nitrogens with one attached hydrogen (secondary N) is 1. The second-order valence-electron chi connectivity index (χ2n) is 8.33. The van der Waals surface area contributed by atoms with Gasteiger partial charge in [-0.3, -0.25) is 14.8 Å². The van der Waals surface area contributed by atoms with Crippen LogP contribution in [0.2, 0.25) is 0 Å². The third-order valence-corrected chi connectivity index (χ3v) is 6.40. The van der Waals surface area contributed by atoms with Gasteiger partial charge in [-0.2, -0.15) is 0 Å². The quantitative estimate of drug-likeness (QED) is 0.674. The number of likely N-dealkylation sites (tertiary alicyclic amines) is 1. The fourth-order valence-corrected chi connectivity index (χ4v) is 4.60. The van der Waals surface area contributed by atoms with Crippen LogP contribution in [0, 0.1) is 11.3 Å². The average Bonchev–Trinajstić information content (AvgIpc) is 3.21. The highest BCUT2D eigenvalue weighted by molar-refractivity contribution is 6.08. The number of piperidine rings is 1. The first-order valence-corrected chi connectivity index (χ1v) is 11.0. The van der Waals surface area contributed by atoms with E-state index in [1.165, 1.54) is 23.7 Å². The number of amides is 1. The molecule has 1 amide bonds. The van der Waals surface area contributed by atoms with E-state index >= 15 is 0 Å². The van der Waals surface area contributed by atoms with Gasteiger partial charge in [0.15, 0.2) is 0 Å². The Labute approximate surface area is 183 Å². The first kappa shape index (κ1) is 21.0. The van der Waals surface area contributed by atoms with Crippen LogP contribution < -0.4 is 10.6 Å². The van der Waals surface area contributed by atoms with Crippen LogP contribution in [0.1, 0.15) is 36.1 Å².